The Morgan fingerprint density at radius 3 is 2.55 bits per heavy atom. The molecule has 4 aromatic heterocycles. The molecular weight excluding hydrogens is 641 g/mol. The highest BCUT2D eigenvalue weighted by molar-refractivity contribution is 7.15. The molecule has 49 heavy (non-hydrogen) atoms. The van der Waals surface area contributed by atoms with Crippen LogP contribution in [0.3, 0.4) is 0 Å². The fraction of sp³-hybridized carbons (Fsp3) is 0.343. The lowest BCUT2D eigenvalue weighted by atomic mass is 9.94. The predicted octanol–water partition coefficient (Wildman–Crippen LogP) is 4.22. The molecule has 1 fully saturated rings. The minimum Gasteiger partial charge on any atom is -0.368 e. The third kappa shape index (κ3) is 6.81. The van der Waals surface area contributed by atoms with Crippen molar-refractivity contribution in [2.24, 2.45) is 0 Å². The zero-order valence-electron chi connectivity index (χ0n) is 27.5. The number of rotatable bonds is 8. The molecule has 3 amide bonds. The van der Waals surface area contributed by atoms with E-state index in [1.54, 1.807) is 47.4 Å². The average Bonchev–Trinajstić information content (AvgIpc) is 3.77. The lowest BCUT2D eigenvalue weighted by Crippen LogP contribution is -2.40. The van der Waals surface area contributed by atoms with Crippen molar-refractivity contribution in [2.75, 3.05) is 35.2 Å². The maximum absolute atomic E-state index is 13.2. The van der Waals surface area contributed by atoms with Gasteiger partial charge in [0.15, 0.2) is 11.5 Å². The van der Waals surface area contributed by atoms with Crippen molar-refractivity contribution < 1.29 is 14.4 Å². The average molecular weight is 679 g/mol. The van der Waals surface area contributed by atoms with E-state index in [9.17, 15) is 14.4 Å². The summed E-state index contributed by atoms with van der Waals surface area (Å²) in [5.41, 5.74) is 11.0. The van der Waals surface area contributed by atoms with Crippen LogP contribution in [0.25, 0.3) is 27.3 Å². The number of nitrogens with two attached hydrogens (primary N) is 1. The Morgan fingerprint density at radius 2 is 1.78 bits per heavy atom. The number of aromatic nitrogens is 5. The zero-order chi connectivity index (χ0) is 34.1. The fourth-order valence-corrected chi connectivity index (χ4v) is 7.47. The molecule has 252 valence electrons. The van der Waals surface area contributed by atoms with Crippen molar-refractivity contribution in [1.82, 2.24) is 35.0 Å². The van der Waals surface area contributed by atoms with Gasteiger partial charge in [0, 0.05) is 71.8 Å². The first kappa shape index (κ1) is 32.2. The summed E-state index contributed by atoms with van der Waals surface area (Å²) in [5.74, 6) is 0.161. The molecule has 13 nitrogen and oxygen atoms in total. The van der Waals surface area contributed by atoms with Gasteiger partial charge in [-0.25, -0.2) is 19.9 Å². The van der Waals surface area contributed by atoms with E-state index in [0.717, 1.165) is 66.2 Å². The van der Waals surface area contributed by atoms with Gasteiger partial charge < -0.3 is 30.6 Å². The number of aryl methyl sites for hydroxylation is 1. The number of amides is 3. The number of nitrogen functional groups attached to an aromatic ring is 1. The fourth-order valence-electron chi connectivity index (χ4n) is 6.53. The number of piperidine rings is 1. The standard InChI is InChI=1S/C35H38N10O3S/c1-21-6-7-23-14-24(8-10-29(23)45(21)22(2)46)30-11-9-26(49-30)17-37-31(47)18-38-34(48)28-20-44-19-27(25-15-39-35(36)40-16-25)41-32(33(44)42-28)43-12-4-3-5-13-43/h8-11,14-16,19-21H,3-7,12-13,17-18H2,1-2H3,(H,37,47)(H,38,48)(H2,36,39,40). The molecule has 0 spiro atoms. The van der Waals surface area contributed by atoms with E-state index in [0.29, 0.717) is 29.3 Å². The van der Waals surface area contributed by atoms with E-state index in [4.69, 9.17) is 10.7 Å². The molecule has 14 heteroatoms. The Balaban J connectivity index is 0.991. The maximum Gasteiger partial charge on any atom is 0.271 e. The Morgan fingerprint density at radius 1 is 0.980 bits per heavy atom. The molecule has 2 aliphatic heterocycles. The van der Waals surface area contributed by atoms with Crippen molar-refractivity contribution in [3.8, 4) is 21.7 Å². The van der Waals surface area contributed by atoms with Crippen LogP contribution in [0.2, 0.25) is 0 Å². The quantitative estimate of drug-likeness (QED) is 0.218. The second-order valence-corrected chi connectivity index (χ2v) is 13.7. The molecule has 1 aromatic carbocycles. The SMILES string of the molecule is CC(=O)N1c2ccc(-c3ccc(CNC(=O)CNC(=O)c4cn5cc(-c6cnc(N)nc6)nc(N6CCCCC6)c5n4)s3)cc2CCC1C. The first-order chi connectivity index (χ1) is 23.7. The van der Waals surface area contributed by atoms with E-state index in [-0.39, 0.29) is 36.0 Å². The van der Waals surface area contributed by atoms with Gasteiger partial charge in [0.25, 0.3) is 5.91 Å². The van der Waals surface area contributed by atoms with Gasteiger partial charge in [0.2, 0.25) is 17.8 Å². The van der Waals surface area contributed by atoms with E-state index in [1.165, 1.54) is 5.56 Å². The van der Waals surface area contributed by atoms with Crippen LogP contribution in [0.5, 0.6) is 0 Å². The summed E-state index contributed by atoms with van der Waals surface area (Å²) in [4.78, 5) is 62.0. The summed E-state index contributed by atoms with van der Waals surface area (Å²) in [6.07, 6.45) is 11.8. The van der Waals surface area contributed by atoms with Crippen LogP contribution >= 0.6 is 11.3 Å². The smallest absolute Gasteiger partial charge is 0.271 e. The molecule has 2 aliphatic rings. The Labute approximate surface area is 287 Å². The summed E-state index contributed by atoms with van der Waals surface area (Å²) < 4.78 is 1.79. The van der Waals surface area contributed by atoms with Crippen molar-refractivity contribution in [3.63, 3.8) is 0 Å². The summed E-state index contributed by atoms with van der Waals surface area (Å²) in [7, 11) is 0. The number of carbonyl (C=O) groups is 3. The van der Waals surface area contributed by atoms with Gasteiger partial charge in [-0.1, -0.05) is 6.07 Å². The molecule has 1 unspecified atom stereocenters. The largest absolute Gasteiger partial charge is 0.368 e. The van der Waals surface area contributed by atoms with Crippen LogP contribution in [0.4, 0.5) is 17.5 Å². The van der Waals surface area contributed by atoms with Gasteiger partial charge >= 0.3 is 0 Å². The van der Waals surface area contributed by atoms with Crippen LogP contribution in [0.1, 0.15) is 60.5 Å². The van der Waals surface area contributed by atoms with Gasteiger partial charge in [-0.15, -0.1) is 11.3 Å². The summed E-state index contributed by atoms with van der Waals surface area (Å²) in [6, 6.07) is 10.5. The molecule has 5 aromatic rings. The summed E-state index contributed by atoms with van der Waals surface area (Å²) in [5, 5.41) is 5.60. The molecule has 4 N–H and O–H groups in total. The molecule has 6 heterocycles. The van der Waals surface area contributed by atoms with Crippen molar-refractivity contribution >= 4 is 52.2 Å². The highest BCUT2D eigenvalue weighted by Crippen LogP contribution is 2.36. The van der Waals surface area contributed by atoms with Gasteiger partial charge in [-0.05, 0) is 74.4 Å². The van der Waals surface area contributed by atoms with Crippen LogP contribution < -0.4 is 26.2 Å². The molecule has 0 radical (unpaired) electrons. The predicted molar refractivity (Wildman–Crippen MR) is 189 cm³/mol. The molecule has 0 aliphatic carbocycles. The second-order valence-electron chi connectivity index (χ2n) is 12.5. The van der Waals surface area contributed by atoms with Crippen LogP contribution in [0, 0.1) is 0 Å². The molecule has 0 saturated carbocycles. The monoisotopic (exact) mass is 678 g/mol. The zero-order valence-corrected chi connectivity index (χ0v) is 28.3. The Bertz CT molecular complexity index is 2030. The van der Waals surface area contributed by atoms with Gasteiger partial charge in [0.05, 0.1) is 18.8 Å². The van der Waals surface area contributed by atoms with Crippen LogP contribution in [0.15, 0.2) is 55.1 Å². The van der Waals surface area contributed by atoms with E-state index < -0.39 is 5.91 Å². The first-order valence-electron chi connectivity index (χ1n) is 16.5. The van der Waals surface area contributed by atoms with Crippen LogP contribution in [-0.4, -0.2) is 67.7 Å². The molecular formula is C35H38N10O3S. The number of fused-ring (bicyclic) bond motifs is 2. The third-order valence-electron chi connectivity index (χ3n) is 9.04. The Hall–Kier alpha value is -5.37. The minimum atomic E-state index is -0.454. The molecule has 1 atom stereocenters. The number of anilines is 3. The lowest BCUT2D eigenvalue weighted by Gasteiger charge is -2.34. The second kappa shape index (κ2) is 13.6. The lowest BCUT2D eigenvalue weighted by molar-refractivity contribution is -0.120. The number of nitrogens with zero attached hydrogens (tertiary/aromatic N) is 7. The topological polar surface area (TPSA) is 164 Å². The molecule has 7 rings (SSSR count). The van der Waals surface area contributed by atoms with Gasteiger partial charge in [0.1, 0.15) is 5.69 Å². The number of hydrogen-bond donors (Lipinski definition) is 3. The van der Waals surface area contributed by atoms with Gasteiger partial charge in [-0.2, -0.15) is 0 Å². The highest BCUT2D eigenvalue weighted by Gasteiger charge is 2.26. The van der Waals surface area contributed by atoms with Crippen LogP contribution in [-0.2, 0) is 22.6 Å². The number of imidazole rings is 1. The molecule has 1 saturated heterocycles. The molecule has 0 bridgehead atoms. The number of nitrogens with one attached hydrogen (secondary N) is 2. The highest BCUT2D eigenvalue weighted by atomic mass is 32.1. The van der Waals surface area contributed by atoms with Gasteiger partial charge in [-0.3, -0.25) is 14.4 Å². The first-order valence-corrected chi connectivity index (χ1v) is 17.3. The summed E-state index contributed by atoms with van der Waals surface area (Å²) >= 11 is 1.60. The van der Waals surface area contributed by atoms with Crippen molar-refractivity contribution in [2.45, 2.75) is 58.5 Å². The normalized spacial score (nSPS) is 16.0. The number of thiophene rings is 1. The van der Waals surface area contributed by atoms with E-state index in [1.807, 2.05) is 23.1 Å². The minimum absolute atomic E-state index is 0.0594. The van der Waals surface area contributed by atoms with Crippen molar-refractivity contribution in [1.29, 1.82) is 0 Å². The number of carbonyl (C=O) groups excluding carboxylic acids is 3. The number of benzene rings is 1. The third-order valence-corrected chi connectivity index (χ3v) is 10.2. The summed E-state index contributed by atoms with van der Waals surface area (Å²) in [6.45, 7) is 5.54. The number of hydrogen-bond acceptors (Lipinski definition) is 10. The van der Waals surface area contributed by atoms with E-state index in [2.05, 4.69) is 49.5 Å². The maximum atomic E-state index is 13.2. The Kier molecular flexibility index (Phi) is 8.95. The van der Waals surface area contributed by atoms with E-state index >= 15 is 0 Å². The van der Waals surface area contributed by atoms with Crippen molar-refractivity contribution in [3.05, 3.63) is 71.3 Å².